The molecule has 5 nitrogen and oxygen atoms in total. The molecule has 0 saturated heterocycles. The number of benzene rings is 2. The number of ether oxygens (including phenoxy) is 2. The van der Waals surface area contributed by atoms with E-state index in [0.29, 0.717) is 29.0 Å². The van der Waals surface area contributed by atoms with Gasteiger partial charge in [0.25, 0.3) is 0 Å². The number of rotatable bonds is 5. The van der Waals surface area contributed by atoms with E-state index in [-0.39, 0.29) is 24.2 Å². The fraction of sp³-hybridized carbons (Fsp3) is 0.379. The van der Waals surface area contributed by atoms with Crippen LogP contribution in [0.5, 0.6) is 5.75 Å². The van der Waals surface area contributed by atoms with Gasteiger partial charge in [-0.1, -0.05) is 36.9 Å². The Balaban J connectivity index is 1.53. The molecule has 2 aliphatic carbocycles. The van der Waals surface area contributed by atoms with Gasteiger partial charge in [0, 0.05) is 29.3 Å². The first-order valence-corrected chi connectivity index (χ1v) is 12.3. The van der Waals surface area contributed by atoms with E-state index in [1.165, 1.54) is 6.07 Å². The first-order valence-electron chi connectivity index (χ1n) is 12.3. The average Bonchev–Trinajstić information content (AvgIpc) is 3.36. The molecule has 1 N–H and O–H groups in total. The summed E-state index contributed by atoms with van der Waals surface area (Å²) in [7, 11) is 1.62. The van der Waals surface area contributed by atoms with Crippen molar-refractivity contribution < 1.29 is 23.5 Å². The zero-order chi connectivity index (χ0) is 24.5. The van der Waals surface area contributed by atoms with Gasteiger partial charge < -0.3 is 14.8 Å². The predicted molar refractivity (Wildman–Crippen MR) is 130 cm³/mol. The van der Waals surface area contributed by atoms with Crippen molar-refractivity contribution in [3.05, 3.63) is 89.0 Å². The summed E-state index contributed by atoms with van der Waals surface area (Å²) in [5, 5.41) is 3.26. The topological polar surface area (TPSA) is 64.6 Å². The fourth-order valence-electron chi connectivity index (χ4n) is 5.75. The lowest BCUT2D eigenvalue weighted by molar-refractivity contribution is -0.153. The van der Waals surface area contributed by atoms with Gasteiger partial charge in [0.05, 0.1) is 7.11 Å². The summed E-state index contributed by atoms with van der Waals surface area (Å²) >= 11 is 0. The Morgan fingerprint density at radius 2 is 1.77 bits per heavy atom. The Morgan fingerprint density at radius 1 is 1.06 bits per heavy atom. The summed E-state index contributed by atoms with van der Waals surface area (Å²) in [6.45, 7) is 4.14. The normalized spacial score (nSPS) is 24.7. The van der Waals surface area contributed by atoms with Crippen LogP contribution in [0, 0.1) is 11.7 Å². The van der Waals surface area contributed by atoms with Gasteiger partial charge in [-0.15, -0.1) is 0 Å². The highest BCUT2D eigenvalue weighted by Gasteiger charge is 2.46. The summed E-state index contributed by atoms with van der Waals surface area (Å²) in [6, 6.07) is 14.1. The minimum atomic E-state index is -0.868. The molecule has 0 spiro atoms. The molecule has 1 aliphatic heterocycles. The molecule has 2 aromatic rings. The van der Waals surface area contributed by atoms with Gasteiger partial charge in [0.2, 0.25) is 0 Å². The molecule has 3 aliphatic rings. The van der Waals surface area contributed by atoms with Gasteiger partial charge in [-0.3, -0.25) is 9.59 Å². The van der Waals surface area contributed by atoms with Crippen molar-refractivity contribution >= 4 is 11.8 Å². The van der Waals surface area contributed by atoms with Crippen LogP contribution < -0.4 is 10.1 Å². The number of Topliss-reactive ketones (excluding diaryl/α,β-unsaturated/α-hetero) is 1. The van der Waals surface area contributed by atoms with Crippen molar-refractivity contribution in [1.29, 1.82) is 0 Å². The number of carbonyl (C=O) groups is 2. The molecule has 3 atom stereocenters. The highest BCUT2D eigenvalue weighted by atomic mass is 19.1. The molecule has 5 rings (SSSR count). The van der Waals surface area contributed by atoms with Crippen molar-refractivity contribution in [1.82, 2.24) is 5.32 Å². The Morgan fingerprint density at radius 3 is 2.46 bits per heavy atom. The lowest BCUT2D eigenvalue weighted by Crippen LogP contribution is -2.43. The summed E-state index contributed by atoms with van der Waals surface area (Å²) in [4.78, 5) is 27.0. The number of esters is 1. The van der Waals surface area contributed by atoms with E-state index in [1.54, 1.807) is 25.3 Å². The molecule has 0 bridgehead atoms. The second kappa shape index (κ2) is 9.68. The van der Waals surface area contributed by atoms with Crippen LogP contribution in [-0.2, 0) is 14.3 Å². The molecule has 0 aromatic heterocycles. The van der Waals surface area contributed by atoms with Gasteiger partial charge in [-0.25, -0.2) is 4.39 Å². The van der Waals surface area contributed by atoms with Gasteiger partial charge in [-0.2, -0.15) is 0 Å². The smallest absolute Gasteiger partial charge is 0.316 e. The van der Waals surface area contributed by atoms with E-state index in [2.05, 4.69) is 11.9 Å². The van der Waals surface area contributed by atoms with Crippen molar-refractivity contribution in [2.45, 2.75) is 56.5 Å². The maximum Gasteiger partial charge on any atom is 0.316 e. The van der Waals surface area contributed by atoms with E-state index in [1.807, 2.05) is 24.3 Å². The molecule has 1 heterocycles. The summed E-state index contributed by atoms with van der Waals surface area (Å²) in [5.41, 5.74) is 2.99. The van der Waals surface area contributed by atoms with E-state index in [9.17, 15) is 9.59 Å². The van der Waals surface area contributed by atoms with Gasteiger partial charge in [0.15, 0.2) is 5.78 Å². The molecule has 35 heavy (non-hydrogen) atoms. The maximum absolute atomic E-state index is 15.1. The average molecular weight is 476 g/mol. The second-order valence-electron chi connectivity index (χ2n) is 9.66. The maximum atomic E-state index is 15.1. The van der Waals surface area contributed by atoms with E-state index < -0.39 is 23.6 Å². The Hall–Kier alpha value is -3.41. The molecule has 3 unspecified atom stereocenters. The van der Waals surface area contributed by atoms with Crippen molar-refractivity contribution in [3.8, 4) is 5.75 Å². The molecule has 2 aromatic carbocycles. The Kier molecular flexibility index (Phi) is 6.46. The third kappa shape index (κ3) is 4.49. The quantitative estimate of drug-likeness (QED) is 0.576. The Bertz CT molecular complexity index is 1180. The number of methoxy groups -OCH3 is 1. The number of ketones is 1. The monoisotopic (exact) mass is 475 g/mol. The van der Waals surface area contributed by atoms with Crippen molar-refractivity contribution in [3.63, 3.8) is 0 Å². The Labute approximate surface area is 205 Å². The molecular weight excluding hydrogens is 445 g/mol. The summed E-state index contributed by atoms with van der Waals surface area (Å²) in [6.07, 6.45) is 4.45. The molecular formula is C29H30FNO4. The molecule has 1 fully saturated rings. The number of hydrogen-bond donors (Lipinski definition) is 1. The molecule has 6 heteroatoms. The number of allylic oxidation sites excluding steroid dienone is 2. The number of halogens is 1. The second-order valence-corrected chi connectivity index (χ2v) is 9.66. The minimum Gasteiger partial charge on any atom is -0.497 e. The largest absolute Gasteiger partial charge is 0.497 e. The van der Waals surface area contributed by atoms with Gasteiger partial charge >= 0.3 is 5.97 Å². The zero-order valence-electron chi connectivity index (χ0n) is 19.9. The zero-order valence-corrected chi connectivity index (χ0v) is 19.9. The number of carbonyl (C=O) groups excluding carboxylic acids is 2. The van der Waals surface area contributed by atoms with E-state index >= 15 is 4.39 Å². The van der Waals surface area contributed by atoms with Crippen molar-refractivity contribution in [2.75, 3.05) is 7.11 Å². The standard InChI is InChI=1S/C29H30FNO4/c1-17-26(29(33)35-21-7-3-4-8-21)27(22-9-5-6-10-23(22)30)28-24(31-17)15-19(16-25(28)32)18-11-13-20(34-2)14-12-18/h5-6,9-14,19,21,26-27,31H,1,3-4,7-8,15-16H2,2H3. The summed E-state index contributed by atoms with van der Waals surface area (Å²) in [5.74, 6) is -1.88. The summed E-state index contributed by atoms with van der Waals surface area (Å²) < 4.78 is 26.2. The highest BCUT2D eigenvalue weighted by molar-refractivity contribution is 6.01. The van der Waals surface area contributed by atoms with Crippen LogP contribution in [0.25, 0.3) is 0 Å². The first-order chi connectivity index (χ1) is 17.0. The number of hydrogen-bond acceptors (Lipinski definition) is 5. The molecule has 182 valence electrons. The van der Waals surface area contributed by atoms with Crippen LogP contribution in [0.15, 0.2) is 72.1 Å². The fourth-order valence-corrected chi connectivity index (χ4v) is 5.75. The van der Waals surface area contributed by atoms with Crippen LogP contribution in [0.4, 0.5) is 4.39 Å². The highest BCUT2D eigenvalue weighted by Crippen LogP contribution is 2.48. The molecule has 1 saturated carbocycles. The lowest BCUT2D eigenvalue weighted by atomic mass is 9.69. The van der Waals surface area contributed by atoms with Crippen LogP contribution in [0.3, 0.4) is 0 Å². The van der Waals surface area contributed by atoms with Crippen LogP contribution in [0.1, 0.15) is 61.5 Å². The lowest BCUT2D eigenvalue weighted by Gasteiger charge is -2.40. The van der Waals surface area contributed by atoms with E-state index in [0.717, 1.165) is 37.0 Å². The van der Waals surface area contributed by atoms with Crippen LogP contribution in [-0.4, -0.2) is 25.0 Å². The van der Waals surface area contributed by atoms with Crippen LogP contribution in [0.2, 0.25) is 0 Å². The van der Waals surface area contributed by atoms with E-state index in [4.69, 9.17) is 9.47 Å². The third-order valence-electron chi connectivity index (χ3n) is 7.51. The first kappa shape index (κ1) is 23.3. The molecule has 0 radical (unpaired) electrons. The van der Waals surface area contributed by atoms with Crippen LogP contribution >= 0.6 is 0 Å². The SMILES string of the molecule is C=C1NC2=C(C(=O)CC(c3ccc(OC)cc3)C2)C(c2ccccc2F)C1C(=O)OC1CCCC1. The van der Waals surface area contributed by atoms with Gasteiger partial charge in [0.1, 0.15) is 23.6 Å². The minimum absolute atomic E-state index is 0.0317. The number of nitrogens with one attached hydrogen (secondary N) is 1. The predicted octanol–water partition coefficient (Wildman–Crippen LogP) is 5.54. The third-order valence-corrected chi connectivity index (χ3v) is 7.51. The van der Waals surface area contributed by atoms with Crippen molar-refractivity contribution in [2.24, 2.45) is 5.92 Å². The van der Waals surface area contributed by atoms with Gasteiger partial charge in [-0.05, 0) is 67.3 Å². The molecule has 0 amide bonds.